The van der Waals surface area contributed by atoms with Crippen molar-refractivity contribution in [2.75, 3.05) is 0 Å². The molecule has 0 saturated heterocycles. The summed E-state index contributed by atoms with van der Waals surface area (Å²) in [6.07, 6.45) is -0.0273. The smallest absolute Gasteiger partial charge is 0.127 e. The Kier molecular flexibility index (Phi) is 3.89. The topological polar surface area (TPSA) is 29.5 Å². The molecule has 2 aromatic carbocycles. The molecule has 1 unspecified atom stereocenters. The van der Waals surface area contributed by atoms with E-state index in [0.29, 0.717) is 6.42 Å². The van der Waals surface area contributed by atoms with Gasteiger partial charge in [0, 0.05) is 20.9 Å². The van der Waals surface area contributed by atoms with E-state index in [4.69, 9.17) is 4.74 Å². The first-order chi connectivity index (χ1) is 9.54. The maximum absolute atomic E-state index is 10.3. The summed E-state index contributed by atoms with van der Waals surface area (Å²) < 4.78 is 8.08. The van der Waals surface area contributed by atoms with Crippen LogP contribution in [0.1, 0.15) is 35.3 Å². The second kappa shape index (κ2) is 5.51. The minimum atomic E-state index is -0.495. The Morgan fingerprint density at radius 3 is 2.70 bits per heavy atom. The summed E-state index contributed by atoms with van der Waals surface area (Å²) in [4.78, 5) is 0. The monoisotopic (exact) mass is 396 g/mol. The summed E-state index contributed by atoms with van der Waals surface area (Å²) in [6.45, 7) is 2.05. The van der Waals surface area contributed by atoms with E-state index in [9.17, 15) is 5.11 Å². The van der Waals surface area contributed by atoms with Gasteiger partial charge in [0.15, 0.2) is 0 Å². The lowest BCUT2D eigenvalue weighted by molar-refractivity contribution is 0.0656. The molecule has 0 saturated carbocycles. The average molecular weight is 398 g/mol. The molecule has 1 heterocycles. The molecule has 2 aromatic rings. The van der Waals surface area contributed by atoms with Crippen LogP contribution in [0.5, 0.6) is 5.75 Å². The summed E-state index contributed by atoms with van der Waals surface area (Å²) in [6, 6.07) is 11.9. The second-order valence-electron chi connectivity index (χ2n) is 5.05. The molecule has 2 atom stereocenters. The van der Waals surface area contributed by atoms with Gasteiger partial charge in [0.05, 0.1) is 6.10 Å². The second-order valence-corrected chi connectivity index (χ2v) is 6.82. The predicted octanol–water partition coefficient (Wildman–Crippen LogP) is 5.08. The molecule has 20 heavy (non-hydrogen) atoms. The third-order valence-corrected chi connectivity index (χ3v) is 4.97. The molecular weight excluding hydrogens is 384 g/mol. The quantitative estimate of drug-likeness (QED) is 0.727. The Morgan fingerprint density at radius 2 is 1.95 bits per heavy atom. The average Bonchev–Trinajstić information content (AvgIpc) is 2.42. The van der Waals surface area contributed by atoms with Crippen LogP contribution in [0.2, 0.25) is 0 Å². The van der Waals surface area contributed by atoms with Gasteiger partial charge >= 0.3 is 0 Å². The normalized spacial score (nSPS) is 21.2. The lowest BCUT2D eigenvalue weighted by Gasteiger charge is -2.30. The van der Waals surface area contributed by atoms with Gasteiger partial charge in [0.2, 0.25) is 0 Å². The molecule has 0 fully saturated rings. The van der Waals surface area contributed by atoms with Gasteiger partial charge in [-0.25, -0.2) is 0 Å². The van der Waals surface area contributed by atoms with E-state index >= 15 is 0 Å². The lowest BCUT2D eigenvalue weighted by Crippen LogP contribution is -2.19. The van der Waals surface area contributed by atoms with Crippen molar-refractivity contribution in [3.8, 4) is 5.75 Å². The van der Waals surface area contributed by atoms with Crippen LogP contribution >= 0.6 is 31.9 Å². The number of halogens is 2. The minimum Gasteiger partial charge on any atom is -0.485 e. The molecule has 1 N–H and O–H groups in total. The first-order valence-electron chi connectivity index (χ1n) is 6.45. The fourth-order valence-electron chi connectivity index (χ4n) is 2.49. The Hall–Kier alpha value is -0.840. The Labute approximate surface area is 135 Å². The van der Waals surface area contributed by atoms with Gasteiger partial charge in [-0.2, -0.15) is 0 Å². The highest BCUT2D eigenvalue weighted by molar-refractivity contribution is 9.10. The fourth-order valence-corrected chi connectivity index (χ4v) is 3.12. The SMILES string of the molecule is Cc1cc(C2C[C@@H](O)c3cc(Br)ccc3O2)ccc1Br. The summed E-state index contributed by atoms with van der Waals surface area (Å²) in [5.74, 6) is 0.762. The zero-order valence-electron chi connectivity index (χ0n) is 10.9. The minimum absolute atomic E-state index is 0.106. The summed E-state index contributed by atoms with van der Waals surface area (Å²) in [5.41, 5.74) is 3.12. The number of rotatable bonds is 1. The fraction of sp³-hybridized carbons (Fsp3) is 0.250. The predicted molar refractivity (Wildman–Crippen MR) is 86.0 cm³/mol. The van der Waals surface area contributed by atoms with Gasteiger partial charge in [0.25, 0.3) is 0 Å². The Morgan fingerprint density at radius 1 is 1.15 bits per heavy atom. The number of aryl methyl sites for hydroxylation is 1. The number of hydrogen-bond acceptors (Lipinski definition) is 2. The van der Waals surface area contributed by atoms with E-state index in [1.807, 2.05) is 30.3 Å². The zero-order valence-corrected chi connectivity index (χ0v) is 14.1. The number of benzene rings is 2. The van der Waals surface area contributed by atoms with Crippen LogP contribution < -0.4 is 4.74 Å². The molecule has 0 spiro atoms. The van der Waals surface area contributed by atoms with Crippen molar-refractivity contribution < 1.29 is 9.84 Å². The van der Waals surface area contributed by atoms with Crippen molar-refractivity contribution >= 4 is 31.9 Å². The van der Waals surface area contributed by atoms with E-state index in [2.05, 4.69) is 44.8 Å². The molecule has 0 amide bonds. The number of hydrogen-bond donors (Lipinski definition) is 1. The lowest BCUT2D eigenvalue weighted by atomic mass is 9.94. The Bertz CT molecular complexity index is 655. The number of aliphatic hydroxyl groups is 1. The summed E-state index contributed by atoms with van der Waals surface area (Å²) in [7, 11) is 0. The van der Waals surface area contributed by atoms with Crippen molar-refractivity contribution in [2.45, 2.75) is 25.6 Å². The maximum atomic E-state index is 10.3. The van der Waals surface area contributed by atoms with Crippen molar-refractivity contribution in [2.24, 2.45) is 0 Å². The molecular formula is C16H14Br2O2. The molecule has 0 aliphatic carbocycles. The van der Waals surface area contributed by atoms with E-state index in [1.54, 1.807) is 0 Å². The molecule has 0 bridgehead atoms. The van der Waals surface area contributed by atoms with E-state index in [0.717, 1.165) is 25.8 Å². The largest absolute Gasteiger partial charge is 0.485 e. The molecule has 4 heteroatoms. The van der Waals surface area contributed by atoms with Crippen molar-refractivity contribution in [3.63, 3.8) is 0 Å². The van der Waals surface area contributed by atoms with E-state index < -0.39 is 6.10 Å². The third-order valence-electron chi connectivity index (χ3n) is 3.59. The third kappa shape index (κ3) is 2.65. The van der Waals surface area contributed by atoms with E-state index in [1.165, 1.54) is 5.56 Å². The van der Waals surface area contributed by atoms with Gasteiger partial charge in [-0.15, -0.1) is 0 Å². The van der Waals surface area contributed by atoms with Crippen LogP contribution in [0.3, 0.4) is 0 Å². The number of aliphatic hydroxyl groups excluding tert-OH is 1. The van der Waals surface area contributed by atoms with Gasteiger partial charge < -0.3 is 9.84 Å². The van der Waals surface area contributed by atoms with Crippen LogP contribution in [-0.4, -0.2) is 5.11 Å². The highest BCUT2D eigenvalue weighted by Gasteiger charge is 2.28. The van der Waals surface area contributed by atoms with Crippen molar-refractivity contribution in [3.05, 3.63) is 62.0 Å². The molecule has 0 radical (unpaired) electrons. The van der Waals surface area contributed by atoms with Gasteiger partial charge in [-0.3, -0.25) is 0 Å². The molecule has 104 valence electrons. The van der Waals surface area contributed by atoms with Crippen LogP contribution in [0, 0.1) is 6.92 Å². The molecule has 0 aromatic heterocycles. The first kappa shape index (κ1) is 14.1. The molecule has 2 nitrogen and oxygen atoms in total. The van der Waals surface area contributed by atoms with Crippen LogP contribution in [-0.2, 0) is 0 Å². The van der Waals surface area contributed by atoms with E-state index in [-0.39, 0.29) is 6.10 Å². The zero-order chi connectivity index (χ0) is 14.3. The van der Waals surface area contributed by atoms with Gasteiger partial charge in [-0.05, 0) is 42.3 Å². The molecule has 1 aliphatic heterocycles. The van der Waals surface area contributed by atoms with Gasteiger partial charge in [0.1, 0.15) is 11.9 Å². The van der Waals surface area contributed by atoms with Crippen LogP contribution in [0.4, 0.5) is 0 Å². The van der Waals surface area contributed by atoms with Crippen molar-refractivity contribution in [1.29, 1.82) is 0 Å². The summed E-state index contributed by atoms with van der Waals surface area (Å²) in [5, 5.41) is 10.3. The standard InChI is InChI=1S/C16H14Br2O2/c1-9-6-10(2-4-13(9)18)16-8-14(19)12-7-11(17)3-5-15(12)20-16/h2-7,14,16,19H,8H2,1H3/t14-,16?/m1/s1. The highest BCUT2D eigenvalue weighted by atomic mass is 79.9. The Balaban J connectivity index is 1.94. The maximum Gasteiger partial charge on any atom is 0.127 e. The molecule has 3 rings (SSSR count). The summed E-state index contributed by atoms with van der Waals surface area (Å²) >= 11 is 6.93. The first-order valence-corrected chi connectivity index (χ1v) is 8.03. The highest BCUT2D eigenvalue weighted by Crippen LogP contribution is 2.42. The van der Waals surface area contributed by atoms with Gasteiger partial charge in [-0.1, -0.05) is 44.0 Å². The van der Waals surface area contributed by atoms with Crippen LogP contribution in [0.15, 0.2) is 45.3 Å². The molecule has 1 aliphatic rings. The number of ether oxygens (including phenoxy) is 1. The number of fused-ring (bicyclic) bond motifs is 1. The van der Waals surface area contributed by atoms with Crippen LogP contribution in [0.25, 0.3) is 0 Å². The van der Waals surface area contributed by atoms with Crippen molar-refractivity contribution in [1.82, 2.24) is 0 Å².